The predicted molar refractivity (Wildman–Crippen MR) is 92.7 cm³/mol. The van der Waals surface area contributed by atoms with Gasteiger partial charge in [-0.2, -0.15) is 0 Å². The summed E-state index contributed by atoms with van der Waals surface area (Å²) in [5.41, 5.74) is -1.19. The first-order valence-corrected chi connectivity index (χ1v) is 10.0. The summed E-state index contributed by atoms with van der Waals surface area (Å²) < 4.78 is 11.3. The molecule has 146 valence electrons. The molecule has 8 atom stereocenters. The molecule has 2 saturated carbocycles. The van der Waals surface area contributed by atoms with E-state index < -0.39 is 17.4 Å². The Hall–Kier alpha value is -1.14. The fourth-order valence-corrected chi connectivity index (χ4v) is 5.71. The van der Waals surface area contributed by atoms with Crippen LogP contribution in [0, 0.1) is 29.1 Å². The van der Waals surface area contributed by atoms with Gasteiger partial charge in [0, 0.05) is 0 Å². The number of carboxylic acids is 2. The van der Waals surface area contributed by atoms with E-state index >= 15 is 0 Å². The number of epoxide rings is 2. The smallest absolute Gasteiger partial charge is 0.310 e. The van der Waals surface area contributed by atoms with Crippen molar-refractivity contribution in [1.82, 2.24) is 0 Å². The predicted octanol–water partition coefficient (Wildman–Crippen LogP) is 2.94. The molecule has 26 heavy (non-hydrogen) atoms. The highest BCUT2D eigenvalue weighted by Gasteiger charge is 2.54. The monoisotopic (exact) mass is 366 g/mol. The number of aliphatic carboxylic acids is 2. The van der Waals surface area contributed by atoms with Gasteiger partial charge in [-0.25, -0.2) is 0 Å². The number of rotatable bonds is 7. The lowest BCUT2D eigenvalue weighted by atomic mass is 9.63. The average molecular weight is 366 g/mol. The van der Waals surface area contributed by atoms with Crippen LogP contribution >= 0.6 is 0 Å². The fourth-order valence-electron chi connectivity index (χ4n) is 5.71. The number of fused-ring (bicyclic) bond motifs is 2. The second-order valence-electron chi connectivity index (χ2n) is 9.41. The van der Waals surface area contributed by atoms with Gasteiger partial charge in [0.1, 0.15) is 0 Å². The van der Waals surface area contributed by atoms with Crippen molar-refractivity contribution in [2.45, 2.75) is 83.2 Å². The van der Waals surface area contributed by atoms with E-state index in [9.17, 15) is 19.8 Å². The molecule has 2 heterocycles. The highest BCUT2D eigenvalue weighted by atomic mass is 16.6. The minimum absolute atomic E-state index is 0.220. The molecule has 0 amide bonds. The first kappa shape index (κ1) is 18.2. The molecule has 0 aromatic carbocycles. The maximum absolute atomic E-state index is 12.4. The summed E-state index contributed by atoms with van der Waals surface area (Å²) in [6, 6.07) is 0. The third kappa shape index (κ3) is 3.50. The highest BCUT2D eigenvalue weighted by molar-refractivity contribution is 5.81. The normalized spacial score (nSPS) is 45.8. The molecule has 2 aliphatic carbocycles. The number of carbonyl (C=O) groups is 2. The molecule has 4 aliphatic rings. The van der Waals surface area contributed by atoms with Crippen LogP contribution in [0.2, 0.25) is 0 Å². The molecule has 4 rings (SSSR count). The Kier molecular flexibility index (Phi) is 4.55. The average Bonchev–Trinajstić information content (AvgIpc) is 3.43. The highest BCUT2D eigenvalue weighted by Crippen LogP contribution is 2.52. The van der Waals surface area contributed by atoms with Crippen molar-refractivity contribution in [1.29, 1.82) is 0 Å². The lowest BCUT2D eigenvalue weighted by molar-refractivity contribution is -0.159. The Morgan fingerprint density at radius 3 is 1.65 bits per heavy atom. The van der Waals surface area contributed by atoms with E-state index in [0.717, 1.165) is 25.7 Å². The number of ether oxygens (including phenoxy) is 2. The Morgan fingerprint density at radius 2 is 1.27 bits per heavy atom. The van der Waals surface area contributed by atoms with Crippen LogP contribution in [0.1, 0.15) is 58.8 Å². The first-order chi connectivity index (χ1) is 12.3. The van der Waals surface area contributed by atoms with Gasteiger partial charge in [0.2, 0.25) is 0 Å². The van der Waals surface area contributed by atoms with Gasteiger partial charge in [-0.3, -0.25) is 9.59 Å². The van der Waals surface area contributed by atoms with Crippen LogP contribution in [-0.4, -0.2) is 46.6 Å². The van der Waals surface area contributed by atoms with E-state index in [1.54, 1.807) is 0 Å². The molecule has 2 aliphatic heterocycles. The molecule has 4 fully saturated rings. The van der Waals surface area contributed by atoms with Crippen molar-refractivity contribution in [3.63, 3.8) is 0 Å². The zero-order chi connectivity index (χ0) is 18.6. The van der Waals surface area contributed by atoms with Crippen LogP contribution in [0.3, 0.4) is 0 Å². The Morgan fingerprint density at radius 1 is 0.846 bits per heavy atom. The Labute approximate surface area is 154 Å². The summed E-state index contributed by atoms with van der Waals surface area (Å²) in [6.45, 7) is 4.31. The molecule has 0 aromatic rings. The second-order valence-corrected chi connectivity index (χ2v) is 9.41. The SMILES string of the molecule is CC1CC2OC2CC1CC(CC(=O)O)(CC1CC2OC2CC1C)C(=O)O. The van der Waals surface area contributed by atoms with Crippen LogP contribution in [0.5, 0.6) is 0 Å². The van der Waals surface area contributed by atoms with Crippen LogP contribution in [0.4, 0.5) is 0 Å². The third-order valence-corrected chi connectivity index (χ3v) is 7.51. The number of carboxylic acid groups (broad SMARTS) is 2. The molecule has 0 radical (unpaired) electrons. The van der Waals surface area contributed by atoms with Crippen molar-refractivity contribution in [3.05, 3.63) is 0 Å². The molecule has 0 bridgehead atoms. The zero-order valence-electron chi connectivity index (χ0n) is 15.6. The lowest BCUT2D eigenvalue weighted by Crippen LogP contribution is -2.41. The maximum Gasteiger partial charge on any atom is 0.310 e. The van der Waals surface area contributed by atoms with Gasteiger partial charge < -0.3 is 19.7 Å². The Bertz CT molecular complexity index is 555. The van der Waals surface area contributed by atoms with Gasteiger partial charge in [0.05, 0.1) is 36.3 Å². The maximum atomic E-state index is 12.4. The summed E-state index contributed by atoms with van der Waals surface area (Å²) in [5.74, 6) is -0.758. The Balaban J connectivity index is 1.53. The first-order valence-electron chi connectivity index (χ1n) is 10.0. The summed E-state index contributed by atoms with van der Waals surface area (Å²) in [6.07, 6.45) is 5.50. The topological polar surface area (TPSA) is 99.7 Å². The van der Waals surface area contributed by atoms with E-state index in [0.29, 0.717) is 36.9 Å². The molecule has 0 spiro atoms. The van der Waals surface area contributed by atoms with Crippen molar-refractivity contribution in [3.8, 4) is 0 Å². The van der Waals surface area contributed by atoms with Crippen molar-refractivity contribution in [2.24, 2.45) is 29.1 Å². The van der Waals surface area contributed by atoms with Crippen molar-refractivity contribution >= 4 is 11.9 Å². The summed E-state index contributed by atoms with van der Waals surface area (Å²) in [5, 5.41) is 19.6. The van der Waals surface area contributed by atoms with Gasteiger partial charge in [-0.05, 0) is 62.2 Å². The lowest BCUT2D eigenvalue weighted by Gasteiger charge is -2.39. The quantitative estimate of drug-likeness (QED) is 0.672. The van der Waals surface area contributed by atoms with Crippen LogP contribution in [0.15, 0.2) is 0 Å². The largest absolute Gasteiger partial charge is 0.481 e. The molecular weight excluding hydrogens is 336 g/mol. The minimum Gasteiger partial charge on any atom is -0.481 e. The number of hydrogen-bond acceptors (Lipinski definition) is 4. The fraction of sp³-hybridized carbons (Fsp3) is 0.900. The van der Waals surface area contributed by atoms with Crippen LogP contribution in [0.25, 0.3) is 0 Å². The minimum atomic E-state index is -1.19. The zero-order valence-corrected chi connectivity index (χ0v) is 15.6. The summed E-state index contributed by atoms with van der Waals surface area (Å²) >= 11 is 0. The van der Waals surface area contributed by atoms with Crippen LogP contribution in [-0.2, 0) is 19.1 Å². The number of hydrogen-bond donors (Lipinski definition) is 2. The molecule has 0 aromatic heterocycles. The molecule has 6 heteroatoms. The summed E-state index contributed by atoms with van der Waals surface area (Å²) in [7, 11) is 0. The molecule has 6 nitrogen and oxygen atoms in total. The van der Waals surface area contributed by atoms with Gasteiger partial charge in [0.25, 0.3) is 0 Å². The third-order valence-electron chi connectivity index (χ3n) is 7.51. The van der Waals surface area contributed by atoms with Crippen LogP contribution < -0.4 is 0 Å². The molecular formula is C20H30O6. The molecule has 2 saturated heterocycles. The van der Waals surface area contributed by atoms with E-state index in [-0.39, 0.29) is 30.5 Å². The summed E-state index contributed by atoms with van der Waals surface area (Å²) in [4.78, 5) is 24.0. The van der Waals surface area contributed by atoms with Gasteiger partial charge in [-0.15, -0.1) is 0 Å². The standard InChI is InChI=1S/C20H30O6/c1-10-3-14-16(25-14)5-12(10)7-20(19(23)24,9-18(21)22)8-13-6-17-15(26-17)4-11(13)2/h10-17H,3-9H2,1-2H3,(H,21,22)(H,23,24). The van der Waals surface area contributed by atoms with Gasteiger partial charge in [0.15, 0.2) is 0 Å². The van der Waals surface area contributed by atoms with E-state index in [2.05, 4.69) is 13.8 Å². The van der Waals surface area contributed by atoms with E-state index in [1.807, 2.05) is 0 Å². The van der Waals surface area contributed by atoms with E-state index in [4.69, 9.17) is 9.47 Å². The second kappa shape index (κ2) is 6.48. The van der Waals surface area contributed by atoms with E-state index in [1.165, 1.54) is 0 Å². The van der Waals surface area contributed by atoms with Crippen molar-refractivity contribution in [2.75, 3.05) is 0 Å². The van der Waals surface area contributed by atoms with Crippen molar-refractivity contribution < 1.29 is 29.3 Å². The molecule has 2 N–H and O–H groups in total. The van der Waals surface area contributed by atoms with Gasteiger partial charge >= 0.3 is 11.9 Å². The van der Waals surface area contributed by atoms with Gasteiger partial charge in [-0.1, -0.05) is 13.8 Å². The molecule has 8 unspecified atom stereocenters.